The molecule has 1 aliphatic carbocycles. The number of amides is 2. The van der Waals surface area contributed by atoms with Crippen molar-refractivity contribution in [2.24, 2.45) is 5.92 Å². The lowest BCUT2D eigenvalue weighted by molar-refractivity contribution is -0.128. The van der Waals surface area contributed by atoms with Gasteiger partial charge in [-0.1, -0.05) is 13.8 Å². The molecule has 1 aromatic rings. The molecule has 6 nitrogen and oxygen atoms in total. The molecule has 108 valence electrons. The fraction of sp³-hybridized carbons (Fsp3) is 0.643. The minimum Gasteiger partial charge on any atom is -0.339 e. The van der Waals surface area contributed by atoms with Crippen LogP contribution in [0.3, 0.4) is 0 Å². The van der Waals surface area contributed by atoms with E-state index in [2.05, 4.69) is 29.4 Å². The number of H-pyrrole nitrogens is 1. The van der Waals surface area contributed by atoms with Crippen LogP contribution in [0.15, 0.2) is 6.07 Å². The second-order valence-corrected chi connectivity index (χ2v) is 6.03. The van der Waals surface area contributed by atoms with Gasteiger partial charge >= 0.3 is 0 Å². The summed E-state index contributed by atoms with van der Waals surface area (Å²) in [6.45, 7) is 4.67. The molecular weight excluding hydrogens is 256 g/mol. The first-order chi connectivity index (χ1) is 9.54. The van der Waals surface area contributed by atoms with Crippen molar-refractivity contribution >= 4 is 17.6 Å². The number of carbonyl (C=O) groups excluding carboxylic acids is 2. The lowest BCUT2D eigenvalue weighted by atomic mass is 10.1. The maximum atomic E-state index is 12.2. The Kier molecular flexibility index (Phi) is 3.23. The molecule has 20 heavy (non-hydrogen) atoms. The first-order valence-corrected chi connectivity index (χ1v) is 7.20. The molecule has 3 rings (SSSR count). The second kappa shape index (κ2) is 4.92. The standard InChI is InChI=1S/C14H20N4O2/c1-8(2)11-6-12(17-16-11)15-14(20)9-5-13(19)18(7-9)10-3-4-10/h6,8-10H,3-5,7H2,1-2H3,(H2,15,16,17,20). The maximum absolute atomic E-state index is 12.2. The summed E-state index contributed by atoms with van der Waals surface area (Å²) in [4.78, 5) is 25.9. The van der Waals surface area contributed by atoms with Gasteiger partial charge in [-0.2, -0.15) is 5.10 Å². The number of aromatic nitrogens is 2. The predicted molar refractivity (Wildman–Crippen MR) is 74.1 cm³/mol. The topological polar surface area (TPSA) is 78.1 Å². The molecule has 2 aliphatic rings. The van der Waals surface area contributed by atoms with Crippen LogP contribution in [0.25, 0.3) is 0 Å². The van der Waals surface area contributed by atoms with Gasteiger partial charge in [0, 0.05) is 30.8 Å². The van der Waals surface area contributed by atoms with Crippen molar-refractivity contribution < 1.29 is 9.59 Å². The smallest absolute Gasteiger partial charge is 0.230 e. The van der Waals surface area contributed by atoms with Crippen LogP contribution in [0.1, 0.15) is 44.7 Å². The van der Waals surface area contributed by atoms with Gasteiger partial charge in [0.05, 0.1) is 5.92 Å². The summed E-state index contributed by atoms with van der Waals surface area (Å²) in [6, 6.07) is 2.23. The molecule has 1 aromatic heterocycles. The molecule has 2 amide bonds. The molecule has 2 fully saturated rings. The van der Waals surface area contributed by atoms with Crippen molar-refractivity contribution in [2.75, 3.05) is 11.9 Å². The molecule has 0 radical (unpaired) electrons. The van der Waals surface area contributed by atoms with Gasteiger partial charge in [-0.05, 0) is 18.8 Å². The molecule has 1 unspecified atom stereocenters. The summed E-state index contributed by atoms with van der Waals surface area (Å²) in [5, 5.41) is 9.78. The average molecular weight is 276 g/mol. The lowest BCUT2D eigenvalue weighted by Crippen LogP contribution is -2.29. The zero-order valence-electron chi connectivity index (χ0n) is 11.8. The molecule has 0 spiro atoms. The highest BCUT2D eigenvalue weighted by Gasteiger charge is 2.41. The summed E-state index contributed by atoms with van der Waals surface area (Å²) in [7, 11) is 0. The number of nitrogens with one attached hydrogen (secondary N) is 2. The van der Waals surface area contributed by atoms with E-state index in [9.17, 15) is 9.59 Å². The van der Waals surface area contributed by atoms with E-state index in [4.69, 9.17) is 0 Å². The molecular formula is C14H20N4O2. The van der Waals surface area contributed by atoms with Crippen molar-refractivity contribution in [2.45, 2.75) is 45.1 Å². The second-order valence-electron chi connectivity index (χ2n) is 6.03. The van der Waals surface area contributed by atoms with Crippen LogP contribution < -0.4 is 5.32 Å². The third-order valence-electron chi connectivity index (χ3n) is 3.99. The van der Waals surface area contributed by atoms with Gasteiger partial charge < -0.3 is 10.2 Å². The fourth-order valence-electron chi connectivity index (χ4n) is 2.57. The number of anilines is 1. The number of carbonyl (C=O) groups is 2. The molecule has 1 atom stereocenters. The minimum absolute atomic E-state index is 0.108. The van der Waals surface area contributed by atoms with E-state index in [1.54, 1.807) is 0 Å². The van der Waals surface area contributed by atoms with Crippen LogP contribution in [-0.2, 0) is 9.59 Å². The molecule has 2 heterocycles. The molecule has 6 heteroatoms. The van der Waals surface area contributed by atoms with Gasteiger partial charge in [-0.3, -0.25) is 14.7 Å². The van der Waals surface area contributed by atoms with Crippen molar-refractivity contribution in [3.8, 4) is 0 Å². The predicted octanol–water partition coefficient (Wildman–Crippen LogP) is 1.48. The molecule has 0 bridgehead atoms. The number of aromatic amines is 1. The number of rotatable bonds is 4. The molecule has 1 saturated heterocycles. The summed E-state index contributed by atoms with van der Waals surface area (Å²) in [5.41, 5.74) is 0.988. The van der Waals surface area contributed by atoms with Gasteiger partial charge in [0.1, 0.15) is 0 Å². The van der Waals surface area contributed by atoms with E-state index in [-0.39, 0.29) is 17.7 Å². The molecule has 2 N–H and O–H groups in total. The van der Waals surface area contributed by atoms with Gasteiger partial charge in [0.2, 0.25) is 11.8 Å². The fourth-order valence-corrected chi connectivity index (χ4v) is 2.57. The Bertz CT molecular complexity index is 533. The first-order valence-electron chi connectivity index (χ1n) is 7.20. The van der Waals surface area contributed by atoms with E-state index in [0.717, 1.165) is 18.5 Å². The molecule has 1 saturated carbocycles. The molecule has 1 aliphatic heterocycles. The quantitative estimate of drug-likeness (QED) is 0.874. The minimum atomic E-state index is -0.248. The van der Waals surface area contributed by atoms with Crippen molar-refractivity contribution in [3.05, 3.63) is 11.8 Å². The summed E-state index contributed by atoms with van der Waals surface area (Å²) >= 11 is 0. The maximum Gasteiger partial charge on any atom is 0.230 e. The Hall–Kier alpha value is -1.85. The van der Waals surface area contributed by atoms with Gasteiger partial charge in [-0.25, -0.2) is 0 Å². The van der Waals surface area contributed by atoms with Crippen LogP contribution >= 0.6 is 0 Å². The number of hydrogen-bond donors (Lipinski definition) is 2. The number of hydrogen-bond acceptors (Lipinski definition) is 3. The Balaban J connectivity index is 1.60. The van der Waals surface area contributed by atoms with Gasteiger partial charge in [0.15, 0.2) is 5.82 Å². The highest BCUT2D eigenvalue weighted by molar-refractivity contribution is 5.96. The van der Waals surface area contributed by atoms with E-state index in [1.165, 1.54) is 0 Å². The van der Waals surface area contributed by atoms with Gasteiger partial charge in [0.25, 0.3) is 0 Å². The van der Waals surface area contributed by atoms with Crippen molar-refractivity contribution in [1.82, 2.24) is 15.1 Å². The zero-order valence-corrected chi connectivity index (χ0v) is 11.8. The summed E-state index contributed by atoms with van der Waals surface area (Å²) in [5.74, 6) is 0.630. The number of likely N-dealkylation sites (tertiary alicyclic amines) is 1. The third-order valence-corrected chi connectivity index (χ3v) is 3.99. The van der Waals surface area contributed by atoms with Crippen molar-refractivity contribution in [3.63, 3.8) is 0 Å². The normalized spacial score (nSPS) is 22.6. The van der Waals surface area contributed by atoms with Gasteiger partial charge in [-0.15, -0.1) is 0 Å². The lowest BCUT2D eigenvalue weighted by Gasteiger charge is -2.14. The first kappa shape index (κ1) is 13.1. The average Bonchev–Trinajstić information content (AvgIpc) is 2.99. The Labute approximate surface area is 117 Å². The highest BCUT2D eigenvalue weighted by Crippen LogP contribution is 2.32. The van der Waals surface area contributed by atoms with E-state index in [0.29, 0.717) is 30.7 Å². The third kappa shape index (κ3) is 2.55. The summed E-state index contributed by atoms with van der Waals surface area (Å²) < 4.78 is 0. The van der Waals surface area contributed by atoms with Crippen LogP contribution in [0, 0.1) is 5.92 Å². The Morgan fingerprint density at radius 3 is 2.85 bits per heavy atom. The monoisotopic (exact) mass is 276 g/mol. The number of nitrogens with zero attached hydrogens (tertiary/aromatic N) is 2. The van der Waals surface area contributed by atoms with E-state index in [1.807, 2.05) is 11.0 Å². The Morgan fingerprint density at radius 2 is 2.25 bits per heavy atom. The SMILES string of the molecule is CC(C)c1cc(NC(=O)C2CC(=O)N(C3CC3)C2)n[nH]1. The largest absolute Gasteiger partial charge is 0.339 e. The zero-order chi connectivity index (χ0) is 14.3. The highest BCUT2D eigenvalue weighted by atomic mass is 16.2. The van der Waals surface area contributed by atoms with Crippen LogP contribution in [-0.4, -0.2) is 39.5 Å². The van der Waals surface area contributed by atoms with E-state index >= 15 is 0 Å². The van der Waals surface area contributed by atoms with Crippen LogP contribution in [0.2, 0.25) is 0 Å². The Morgan fingerprint density at radius 1 is 1.50 bits per heavy atom. The van der Waals surface area contributed by atoms with Crippen molar-refractivity contribution in [1.29, 1.82) is 0 Å². The summed E-state index contributed by atoms with van der Waals surface area (Å²) in [6.07, 6.45) is 2.48. The van der Waals surface area contributed by atoms with Crippen LogP contribution in [0.5, 0.6) is 0 Å². The van der Waals surface area contributed by atoms with E-state index < -0.39 is 0 Å². The molecule has 0 aromatic carbocycles. The van der Waals surface area contributed by atoms with Crippen LogP contribution in [0.4, 0.5) is 5.82 Å².